The van der Waals surface area contributed by atoms with Crippen molar-refractivity contribution in [1.82, 2.24) is 14.9 Å². The molecular weight excluding hydrogens is 406 g/mol. The number of rotatable bonds is 4. The van der Waals surface area contributed by atoms with Crippen LogP contribution in [0.4, 0.5) is 5.82 Å². The van der Waals surface area contributed by atoms with Crippen molar-refractivity contribution in [2.75, 3.05) is 25.0 Å². The summed E-state index contributed by atoms with van der Waals surface area (Å²) >= 11 is 1.64. The molecule has 0 spiro atoms. The zero-order valence-corrected chi connectivity index (χ0v) is 19.1. The minimum atomic E-state index is 0.116. The smallest absolute Gasteiger partial charge is 0.253 e. The van der Waals surface area contributed by atoms with Crippen molar-refractivity contribution in [3.63, 3.8) is 0 Å². The number of thiophene rings is 1. The fourth-order valence-corrected chi connectivity index (χ4v) is 5.98. The van der Waals surface area contributed by atoms with Crippen LogP contribution in [0.5, 0.6) is 0 Å². The summed E-state index contributed by atoms with van der Waals surface area (Å²) in [5.41, 5.74) is 8.14. The number of carbonyl (C=O) groups excluding carboxylic acids is 1. The lowest BCUT2D eigenvalue weighted by Crippen LogP contribution is -2.33. The lowest BCUT2D eigenvalue weighted by atomic mass is 9.98. The fourth-order valence-electron chi connectivity index (χ4n) is 5.18. The van der Waals surface area contributed by atoms with Gasteiger partial charge in [-0.3, -0.25) is 4.79 Å². The van der Waals surface area contributed by atoms with Gasteiger partial charge >= 0.3 is 0 Å². The Morgan fingerprint density at radius 3 is 2.71 bits per heavy atom. The largest absolute Gasteiger partial charge is 0.352 e. The molecule has 1 aliphatic carbocycles. The number of hydrogen-bond donors (Lipinski definition) is 1. The van der Waals surface area contributed by atoms with Gasteiger partial charge in [0, 0.05) is 31.7 Å². The number of aryl methyl sites for hydroxylation is 1. The monoisotopic (exact) mass is 435 g/mol. The molecule has 1 aliphatic heterocycles. The summed E-state index contributed by atoms with van der Waals surface area (Å²) in [5.74, 6) is 2.90. The third kappa shape index (κ3) is 3.59. The predicted octanol–water partition coefficient (Wildman–Crippen LogP) is 4.01. The Bertz CT molecular complexity index is 1110. The molecule has 2 aliphatic rings. The Morgan fingerprint density at radius 2 is 1.97 bits per heavy atom. The van der Waals surface area contributed by atoms with Gasteiger partial charge in [-0.15, -0.1) is 11.3 Å². The van der Waals surface area contributed by atoms with Gasteiger partial charge in [-0.25, -0.2) is 9.97 Å². The zero-order chi connectivity index (χ0) is 21.7. The topological polar surface area (TPSA) is 75.4 Å². The van der Waals surface area contributed by atoms with Crippen molar-refractivity contribution in [3.05, 3.63) is 52.7 Å². The van der Waals surface area contributed by atoms with Crippen LogP contribution in [-0.4, -0.2) is 47.0 Å². The molecule has 31 heavy (non-hydrogen) atoms. The standard InChI is InChI=1S/C24H29N5OS/c1-14(28(3)22-19-10-11-31-23(19)27-15(2)26-22)16-4-6-17(7-5-16)24(30)29-12-18-8-9-21(25)20(18)13-29/h4-7,10-11,14,18,20-21H,8-9,12-13,25H2,1-3H3. The SMILES string of the molecule is Cc1nc(N(C)C(C)c2ccc(C(=O)N3CC4CCC(N)C4C3)cc2)c2ccsc2n1. The van der Waals surface area contributed by atoms with Crippen molar-refractivity contribution in [2.24, 2.45) is 17.6 Å². The van der Waals surface area contributed by atoms with E-state index >= 15 is 0 Å². The first kappa shape index (κ1) is 20.4. The van der Waals surface area contributed by atoms with Gasteiger partial charge < -0.3 is 15.5 Å². The number of aromatic nitrogens is 2. The molecule has 5 rings (SSSR count). The fraction of sp³-hybridized carbons (Fsp3) is 0.458. The normalized spacial score (nSPS) is 23.9. The number of hydrogen-bond acceptors (Lipinski definition) is 6. The van der Waals surface area contributed by atoms with E-state index in [1.54, 1.807) is 11.3 Å². The minimum Gasteiger partial charge on any atom is -0.352 e. The molecule has 4 atom stereocenters. The van der Waals surface area contributed by atoms with Gasteiger partial charge in [-0.1, -0.05) is 12.1 Å². The number of carbonyl (C=O) groups is 1. The predicted molar refractivity (Wildman–Crippen MR) is 126 cm³/mol. The lowest BCUT2D eigenvalue weighted by Gasteiger charge is -2.27. The number of nitrogens with zero attached hydrogens (tertiary/aromatic N) is 4. The van der Waals surface area contributed by atoms with E-state index < -0.39 is 0 Å². The third-order valence-corrected chi connectivity index (χ3v) is 7.98. The number of amides is 1. The van der Waals surface area contributed by atoms with Crippen LogP contribution in [0.1, 0.15) is 47.6 Å². The quantitative estimate of drug-likeness (QED) is 0.670. The van der Waals surface area contributed by atoms with Crippen molar-refractivity contribution in [3.8, 4) is 0 Å². The molecule has 6 nitrogen and oxygen atoms in total. The van der Waals surface area contributed by atoms with Crippen molar-refractivity contribution in [2.45, 2.75) is 38.8 Å². The molecule has 1 saturated heterocycles. The summed E-state index contributed by atoms with van der Waals surface area (Å²) in [6.07, 6.45) is 2.25. The van der Waals surface area contributed by atoms with Gasteiger partial charge in [0.15, 0.2) is 0 Å². The summed E-state index contributed by atoms with van der Waals surface area (Å²) in [7, 11) is 2.06. The first-order valence-electron chi connectivity index (χ1n) is 11.0. The highest BCUT2D eigenvalue weighted by atomic mass is 32.1. The number of benzene rings is 1. The van der Waals surface area contributed by atoms with Crippen LogP contribution >= 0.6 is 11.3 Å². The van der Waals surface area contributed by atoms with Crippen LogP contribution in [-0.2, 0) is 0 Å². The summed E-state index contributed by atoms with van der Waals surface area (Å²) < 4.78 is 0. The molecule has 2 N–H and O–H groups in total. The molecule has 0 bridgehead atoms. The van der Waals surface area contributed by atoms with Gasteiger partial charge in [0.2, 0.25) is 0 Å². The Morgan fingerprint density at radius 1 is 1.19 bits per heavy atom. The maximum atomic E-state index is 13.0. The molecule has 1 saturated carbocycles. The Hall–Kier alpha value is -2.51. The molecule has 1 aromatic carbocycles. The van der Waals surface area contributed by atoms with Crippen LogP contribution in [0.25, 0.3) is 10.2 Å². The Kier molecular flexibility index (Phi) is 5.18. The summed E-state index contributed by atoms with van der Waals surface area (Å²) in [4.78, 5) is 27.5. The van der Waals surface area contributed by atoms with E-state index in [1.807, 2.05) is 24.0 Å². The summed E-state index contributed by atoms with van der Waals surface area (Å²) in [6, 6.07) is 10.5. The first-order chi connectivity index (χ1) is 14.9. The molecule has 162 valence electrons. The summed E-state index contributed by atoms with van der Waals surface area (Å²) in [6.45, 7) is 5.74. The molecule has 0 radical (unpaired) electrons. The van der Waals surface area contributed by atoms with Crippen molar-refractivity contribution < 1.29 is 4.79 Å². The first-order valence-corrected chi connectivity index (χ1v) is 11.9. The van der Waals surface area contributed by atoms with Crippen LogP contribution < -0.4 is 10.6 Å². The van der Waals surface area contributed by atoms with E-state index in [0.29, 0.717) is 11.8 Å². The molecule has 3 aromatic rings. The second-order valence-corrected chi connectivity index (χ2v) is 9.91. The van der Waals surface area contributed by atoms with Crippen molar-refractivity contribution >= 4 is 33.3 Å². The average molecular weight is 436 g/mol. The van der Waals surface area contributed by atoms with Gasteiger partial charge in [0.1, 0.15) is 16.5 Å². The van der Waals surface area contributed by atoms with Gasteiger partial charge in [0.25, 0.3) is 5.91 Å². The average Bonchev–Trinajstić information content (AvgIpc) is 3.49. The van der Waals surface area contributed by atoms with E-state index in [1.165, 1.54) is 0 Å². The molecule has 2 aromatic heterocycles. The molecule has 2 fully saturated rings. The van der Waals surface area contributed by atoms with Crippen LogP contribution in [0, 0.1) is 18.8 Å². The second kappa shape index (κ2) is 7.88. The number of fused-ring (bicyclic) bond motifs is 2. The van der Waals surface area contributed by atoms with Crippen LogP contribution in [0.2, 0.25) is 0 Å². The van der Waals surface area contributed by atoms with E-state index in [9.17, 15) is 4.79 Å². The minimum absolute atomic E-state index is 0.116. The van der Waals surface area contributed by atoms with Gasteiger partial charge in [-0.05, 0) is 67.7 Å². The summed E-state index contributed by atoms with van der Waals surface area (Å²) in [5, 5.41) is 3.13. The van der Waals surface area contributed by atoms with Gasteiger partial charge in [-0.2, -0.15) is 0 Å². The van der Waals surface area contributed by atoms with Crippen LogP contribution in [0.15, 0.2) is 35.7 Å². The van der Waals surface area contributed by atoms with E-state index in [-0.39, 0.29) is 18.0 Å². The number of likely N-dealkylation sites (tertiary alicyclic amines) is 1. The highest BCUT2D eigenvalue weighted by Gasteiger charge is 2.42. The highest BCUT2D eigenvalue weighted by molar-refractivity contribution is 7.16. The number of anilines is 1. The van der Waals surface area contributed by atoms with Gasteiger partial charge in [0.05, 0.1) is 11.4 Å². The Labute approximate surface area is 187 Å². The van der Waals surface area contributed by atoms with Crippen molar-refractivity contribution in [1.29, 1.82) is 0 Å². The lowest BCUT2D eigenvalue weighted by molar-refractivity contribution is 0.0779. The maximum Gasteiger partial charge on any atom is 0.253 e. The van der Waals surface area contributed by atoms with E-state index in [0.717, 1.165) is 58.9 Å². The van der Waals surface area contributed by atoms with Crippen LogP contribution in [0.3, 0.4) is 0 Å². The zero-order valence-electron chi connectivity index (χ0n) is 18.3. The number of nitrogens with two attached hydrogens (primary N) is 1. The highest BCUT2D eigenvalue weighted by Crippen LogP contribution is 2.38. The molecule has 3 heterocycles. The molecule has 4 unspecified atom stereocenters. The second-order valence-electron chi connectivity index (χ2n) is 9.02. The Balaban J connectivity index is 1.32. The van der Waals surface area contributed by atoms with E-state index in [4.69, 9.17) is 10.7 Å². The van der Waals surface area contributed by atoms with E-state index in [2.05, 4.69) is 47.4 Å². The third-order valence-electron chi connectivity index (χ3n) is 7.17. The maximum absolute atomic E-state index is 13.0. The molecular formula is C24H29N5OS. The molecule has 1 amide bonds. The molecule has 7 heteroatoms.